The molecule has 0 unspecified atom stereocenters. The van der Waals surface area contributed by atoms with Gasteiger partial charge in [0, 0.05) is 43.7 Å². The summed E-state index contributed by atoms with van der Waals surface area (Å²) in [5, 5.41) is 11.8. The molecule has 0 spiro atoms. The Labute approximate surface area is 190 Å². The number of piperidine rings is 2. The minimum absolute atomic E-state index is 0.212. The molecule has 6 heteroatoms. The van der Waals surface area contributed by atoms with Crippen LogP contribution in [0, 0.1) is 5.92 Å². The summed E-state index contributed by atoms with van der Waals surface area (Å²) in [6.45, 7) is 5.46. The zero-order valence-electron chi connectivity index (χ0n) is 19.3. The standard InChI is InChI=1S/C26H36N2O4/c1-31-15-14-27(16-18-6-5-13-28-12-3-2-9-23(18)28)17-22-24(29)11-10-20-19-7-4-8-21(19)26(30)32-25(20)22/h10-11,18,23,29H,2-9,12-17H2,1H3/t18-,23+/m0/s1. The first-order chi connectivity index (χ1) is 15.7. The van der Waals surface area contributed by atoms with Crippen molar-refractivity contribution in [3.8, 4) is 5.75 Å². The van der Waals surface area contributed by atoms with Crippen LogP contribution in [0.1, 0.15) is 55.2 Å². The highest BCUT2D eigenvalue weighted by molar-refractivity contribution is 5.86. The van der Waals surface area contributed by atoms with Crippen LogP contribution in [0.3, 0.4) is 0 Å². The molecular formula is C26H36N2O4. The van der Waals surface area contributed by atoms with Gasteiger partial charge in [0.15, 0.2) is 0 Å². The molecule has 0 saturated carbocycles. The fourth-order valence-corrected chi connectivity index (χ4v) is 6.35. The summed E-state index contributed by atoms with van der Waals surface area (Å²) >= 11 is 0. The maximum Gasteiger partial charge on any atom is 0.339 e. The maximum absolute atomic E-state index is 12.6. The molecule has 2 aromatic rings. The number of methoxy groups -OCH3 is 1. The first-order valence-electron chi connectivity index (χ1n) is 12.4. The van der Waals surface area contributed by atoms with E-state index in [1.807, 2.05) is 6.07 Å². The van der Waals surface area contributed by atoms with Crippen LogP contribution in [0.4, 0.5) is 0 Å². The number of phenolic OH excluding ortho intramolecular Hbond substituents is 1. The smallest absolute Gasteiger partial charge is 0.339 e. The van der Waals surface area contributed by atoms with Gasteiger partial charge >= 0.3 is 5.63 Å². The molecule has 32 heavy (non-hydrogen) atoms. The average molecular weight is 441 g/mol. The van der Waals surface area contributed by atoms with Crippen LogP contribution in [0.25, 0.3) is 11.0 Å². The quantitative estimate of drug-likeness (QED) is 0.663. The molecule has 1 aromatic heterocycles. The zero-order chi connectivity index (χ0) is 22.1. The first kappa shape index (κ1) is 21.9. The van der Waals surface area contributed by atoms with E-state index in [1.54, 1.807) is 13.2 Å². The summed E-state index contributed by atoms with van der Waals surface area (Å²) in [6, 6.07) is 4.36. The maximum atomic E-state index is 12.6. The highest BCUT2D eigenvalue weighted by Gasteiger charge is 2.34. The molecule has 3 aliphatic rings. The second-order valence-electron chi connectivity index (χ2n) is 9.87. The molecule has 0 radical (unpaired) electrons. The van der Waals surface area contributed by atoms with Gasteiger partial charge in [-0.05, 0) is 81.6 Å². The van der Waals surface area contributed by atoms with Crippen molar-refractivity contribution in [1.82, 2.24) is 9.80 Å². The van der Waals surface area contributed by atoms with Gasteiger partial charge in [-0.25, -0.2) is 4.79 Å². The summed E-state index contributed by atoms with van der Waals surface area (Å²) in [6.07, 6.45) is 9.17. The van der Waals surface area contributed by atoms with Crippen molar-refractivity contribution in [2.75, 3.05) is 39.9 Å². The van der Waals surface area contributed by atoms with Crippen LogP contribution in [-0.2, 0) is 24.1 Å². The number of fused-ring (bicyclic) bond motifs is 4. The van der Waals surface area contributed by atoms with Crippen LogP contribution in [0.15, 0.2) is 21.3 Å². The van der Waals surface area contributed by atoms with E-state index in [2.05, 4.69) is 9.80 Å². The van der Waals surface area contributed by atoms with E-state index >= 15 is 0 Å². The Hall–Kier alpha value is -1.89. The second-order valence-corrected chi connectivity index (χ2v) is 9.87. The highest BCUT2D eigenvalue weighted by atomic mass is 16.5. The lowest BCUT2D eigenvalue weighted by molar-refractivity contribution is 0.0335. The van der Waals surface area contributed by atoms with Gasteiger partial charge < -0.3 is 19.2 Å². The predicted octanol–water partition coefficient (Wildman–Crippen LogP) is 3.70. The second kappa shape index (κ2) is 9.54. The lowest BCUT2D eigenvalue weighted by Gasteiger charge is -2.45. The third-order valence-electron chi connectivity index (χ3n) is 7.93. The number of ether oxygens (including phenoxy) is 1. The average Bonchev–Trinajstić information content (AvgIpc) is 3.30. The van der Waals surface area contributed by atoms with E-state index in [9.17, 15) is 9.90 Å². The predicted molar refractivity (Wildman–Crippen MR) is 125 cm³/mol. The van der Waals surface area contributed by atoms with Gasteiger partial charge in [0.05, 0.1) is 12.2 Å². The molecular weight excluding hydrogens is 404 g/mol. The van der Waals surface area contributed by atoms with Crippen LogP contribution in [0.5, 0.6) is 5.75 Å². The van der Waals surface area contributed by atoms with Gasteiger partial charge in [0.2, 0.25) is 0 Å². The molecule has 174 valence electrons. The lowest BCUT2D eigenvalue weighted by Crippen LogP contribution is -2.51. The van der Waals surface area contributed by atoms with E-state index in [0.717, 1.165) is 54.4 Å². The summed E-state index contributed by atoms with van der Waals surface area (Å²) in [5.74, 6) is 0.846. The number of nitrogens with zero attached hydrogens (tertiary/aromatic N) is 2. The van der Waals surface area contributed by atoms with Crippen molar-refractivity contribution in [3.63, 3.8) is 0 Å². The molecule has 2 saturated heterocycles. The Kier molecular flexibility index (Phi) is 6.54. The van der Waals surface area contributed by atoms with Gasteiger partial charge in [-0.3, -0.25) is 4.90 Å². The largest absolute Gasteiger partial charge is 0.507 e. The molecule has 0 amide bonds. The van der Waals surface area contributed by atoms with Gasteiger partial charge in [-0.15, -0.1) is 0 Å². The van der Waals surface area contributed by atoms with Crippen LogP contribution < -0.4 is 5.63 Å². The Bertz CT molecular complexity index is 1020. The molecule has 1 aliphatic carbocycles. The van der Waals surface area contributed by atoms with Crippen molar-refractivity contribution in [1.29, 1.82) is 0 Å². The SMILES string of the molecule is COCCN(Cc1c(O)ccc2c3c(c(=O)oc12)CCC3)C[C@@H]1CCCN2CCCC[C@H]12. The Balaban J connectivity index is 1.44. The molecule has 2 atom stereocenters. The third kappa shape index (κ3) is 4.20. The van der Waals surface area contributed by atoms with Crippen molar-refractivity contribution < 1.29 is 14.3 Å². The van der Waals surface area contributed by atoms with E-state index < -0.39 is 0 Å². The minimum atomic E-state index is -0.231. The molecule has 0 bridgehead atoms. The first-order valence-corrected chi connectivity index (χ1v) is 12.4. The zero-order valence-corrected chi connectivity index (χ0v) is 19.3. The Morgan fingerprint density at radius 3 is 2.84 bits per heavy atom. The molecule has 2 aliphatic heterocycles. The molecule has 3 heterocycles. The third-order valence-corrected chi connectivity index (χ3v) is 7.93. The van der Waals surface area contributed by atoms with Crippen molar-refractivity contribution in [3.05, 3.63) is 39.2 Å². The van der Waals surface area contributed by atoms with Gasteiger partial charge in [0.25, 0.3) is 0 Å². The number of rotatable bonds is 7. The molecule has 6 nitrogen and oxygen atoms in total. The monoisotopic (exact) mass is 440 g/mol. The van der Waals surface area contributed by atoms with Crippen molar-refractivity contribution in [2.45, 2.75) is 64.0 Å². The number of phenols is 1. The van der Waals surface area contributed by atoms with Gasteiger partial charge in [0.1, 0.15) is 11.3 Å². The molecule has 1 aromatic carbocycles. The summed E-state index contributed by atoms with van der Waals surface area (Å²) in [5.41, 5.74) is 3.02. The van der Waals surface area contributed by atoms with Gasteiger partial charge in [-0.2, -0.15) is 0 Å². The van der Waals surface area contributed by atoms with E-state index in [1.165, 1.54) is 45.2 Å². The molecule has 1 N–H and O–H groups in total. The topological polar surface area (TPSA) is 66.2 Å². The number of benzene rings is 1. The van der Waals surface area contributed by atoms with E-state index in [4.69, 9.17) is 9.15 Å². The number of hydrogen-bond donors (Lipinski definition) is 1. The molecule has 5 rings (SSSR count). The fraction of sp³-hybridized carbons (Fsp3) is 0.654. The fourth-order valence-electron chi connectivity index (χ4n) is 6.35. The highest BCUT2D eigenvalue weighted by Crippen LogP contribution is 2.35. The van der Waals surface area contributed by atoms with Crippen LogP contribution >= 0.6 is 0 Å². The Morgan fingerprint density at radius 2 is 1.97 bits per heavy atom. The summed E-state index contributed by atoms with van der Waals surface area (Å²) < 4.78 is 11.2. The number of aryl methyl sites for hydroxylation is 1. The number of aromatic hydroxyl groups is 1. The lowest BCUT2D eigenvalue weighted by atomic mass is 9.83. The normalized spacial score (nSPS) is 23.6. The van der Waals surface area contributed by atoms with E-state index in [0.29, 0.717) is 30.7 Å². The molecule has 2 fully saturated rings. The van der Waals surface area contributed by atoms with Crippen LogP contribution in [-0.4, -0.2) is 60.8 Å². The summed E-state index contributed by atoms with van der Waals surface area (Å²) in [7, 11) is 1.74. The summed E-state index contributed by atoms with van der Waals surface area (Å²) in [4.78, 5) is 17.7. The van der Waals surface area contributed by atoms with E-state index in [-0.39, 0.29) is 11.4 Å². The van der Waals surface area contributed by atoms with Crippen LogP contribution in [0.2, 0.25) is 0 Å². The minimum Gasteiger partial charge on any atom is -0.507 e. The number of hydrogen-bond acceptors (Lipinski definition) is 6. The Morgan fingerprint density at radius 1 is 1.12 bits per heavy atom. The van der Waals surface area contributed by atoms with Crippen molar-refractivity contribution >= 4 is 11.0 Å². The van der Waals surface area contributed by atoms with Gasteiger partial charge in [-0.1, -0.05) is 6.42 Å². The van der Waals surface area contributed by atoms with Crippen molar-refractivity contribution in [2.24, 2.45) is 5.92 Å².